The first-order chi connectivity index (χ1) is 11.0. The van der Waals surface area contributed by atoms with Gasteiger partial charge in [0.1, 0.15) is 0 Å². The predicted molar refractivity (Wildman–Crippen MR) is 85.4 cm³/mol. The van der Waals surface area contributed by atoms with E-state index in [9.17, 15) is 9.59 Å². The van der Waals surface area contributed by atoms with Crippen molar-refractivity contribution < 1.29 is 9.59 Å². The zero-order chi connectivity index (χ0) is 16.4. The van der Waals surface area contributed by atoms with Gasteiger partial charge in [-0.3, -0.25) is 19.2 Å². The van der Waals surface area contributed by atoms with Crippen LogP contribution in [0.4, 0.5) is 0 Å². The molecule has 1 aromatic rings. The van der Waals surface area contributed by atoms with Crippen LogP contribution in [0.5, 0.6) is 0 Å². The van der Waals surface area contributed by atoms with Gasteiger partial charge in [-0.25, -0.2) is 0 Å². The molecule has 0 radical (unpaired) electrons. The van der Waals surface area contributed by atoms with Crippen molar-refractivity contribution in [3.05, 3.63) is 18.0 Å². The molecule has 1 aromatic heterocycles. The van der Waals surface area contributed by atoms with E-state index >= 15 is 0 Å². The van der Waals surface area contributed by atoms with E-state index in [1.54, 1.807) is 11.9 Å². The van der Waals surface area contributed by atoms with E-state index in [2.05, 4.69) is 10.00 Å². The standard InChI is InChI=1S/C16H25N5O2/c1-18-12-14(8-15(18)22)16(23)21-5-3-4-20(6-7-21)11-13-9-17-19(2)10-13/h9-10,14H,3-8,11-12H2,1-2H3/t14-/m0/s1. The van der Waals surface area contributed by atoms with Crippen LogP contribution in [-0.4, -0.2) is 76.1 Å². The maximum absolute atomic E-state index is 12.6. The van der Waals surface area contributed by atoms with Crippen molar-refractivity contribution in [3.63, 3.8) is 0 Å². The quantitative estimate of drug-likeness (QED) is 0.783. The zero-order valence-corrected chi connectivity index (χ0v) is 13.9. The third-order valence-electron chi connectivity index (χ3n) is 4.75. The normalized spacial score (nSPS) is 23.4. The fraction of sp³-hybridized carbons (Fsp3) is 0.688. The molecule has 3 heterocycles. The van der Waals surface area contributed by atoms with Crippen molar-refractivity contribution in [2.24, 2.45) is 13.0 Å². The lowest BCUT2D eigenvalue weighted by Crippen LogP contribution is -2.39. The number of likely N-dealkylation sites (tertiary alicyclic amines) is 1. The number of aryl methyl sites for hydroxylation is 1. The van der Waals surface area contributed by atoms with Crippen LogP contribution in [0.2, 0.25) is 0 Å². The Labute approximate surface area is 136 Å². The Bertz CT molecular complexity index is 585. The molecule has 2 amide bonds. The van der Waals surface area contributed by atoms with Crippen LogP contribution >= 0.6 is 0 Å². The van der Waals surface area contributed by atoms with Gasteiger partial charge in [-0.2, -0.15) is 5.10 Å². The number of carbonyl (C=O) groups is 2. The summed E-state index contributed by atoms with van der Waals surface area (Å²) in [6, 6.07) is 0. The molecule has 2 aliphatic rings. The summed E-state index contributed by atoms with van der Waals surface area (Å²) >= 11 is 0. The molecule has 0 unspecified atom stereocenters. The summed E-state index contributed by atoms with van der Waals surface area (Å²) < 4.78 is 1.82. The average Bonchev–Trinajstić information content (AvgIpc) is 2.98. The van der Waals surface area contributed by atoms with E-state index in [-0.39, 0.29) is 17.7 Å². The number of hydrogen-bond acceptors (Lipinski definition) is 4. The molecule has 23 heavy (non-hydrogen) atoms. The Morgan fingerprint density at radius 3 is 2.74 bits per heavy atom. The minimum absolute atomic E-state index is 0.0800. The number of aromatic nitrogens is 2. The lowest BCUT2D eigenvalue weighted by molar-refractivity contribution is -0.135. The molecule has 7 nitrogen and oxygen atoms in total. The molecule has 0 saturated carbocycles. The summed E-state index contributed by atoms with van der Waals surface area (Å²) in [5, 5.41) is 4.20. The monoisotopic (exact) mass is 319 g/mol. The van der Waals surface area contributed by atoms with Gasteiger partial charge in [0.2, 0.25) is 11.8 Å². The van der Waals surface area contributed by atoms with Crippen molar-refractivity contribution in [1.29, 1.82) is 0 Å². The molecule has 2 saturated heterocycles. The Morgan fingerprint density at radius 2 is 2.09 bits per heavy atom. The average molecular weight is 319 g/mol. The second kappa shape index (κ2) is 6.70. The highest BCUT2D eigenvalue weighted by atomic mass is 16.2. The summed E-state index contributed by atoms with van der Waals surface area (Å²) in [4.78, 5) is 30.2. The molecule has 0 N–H and O–H groups in total. The van der Waals surface area contributed by atoms with Gasteiger partial charge >= 0.3 is 0 Å². The Balaban J connectivity index is 1.54. The van der Waals surface area contributed by atoms with Crippen molar-refractivity contribution in [1.82, 2.24) is 24.5 Å². The third kappa shape index (κ3) is 3.72. The van der Waals surface area contributed by atoms with Gasteiger partial charge in [-0.05, 0) is 6.42 Å². The van der Waals surface area contributed by atoms with Crippen LogP contribution in [0, 0.1) is 5.92 Å². The van der Waals surface area contributed by atoms with Gasteiger partial charge in [0, 0.05) is 71.5 Å². The molecule has 0 spiro atoms. The smallest absolute Gasteiger partial charge is 0.228 e. The number of carbonyl (C=O) groups excluding carboxylic acids is 2. The van der Waals surface area contributed by atoms with Gasteiger partial charge in [0.05, 0.1) is 12.1 Å². The summed E-state index contributed by atoms with van der Waals surface area (Å²) in [7, 11) is 3.69. The predicted octanol–water partition coefficient (Wildman–Crippen LogP) is -0.0673. The Kier molecular flexibility index (Phi) is 4.66. The van der Waals surface area contributed by atoms with E-state index in [4.69, 9.17) is 0 Å². The fourth-order valence-corrected chi connectivity index (χ4v) is 3.45. The molecule has 0 aromatic carbocycles. The minimum Gasteiger partial charge on any atom is -0.345 e. The SMILES string of the molecule is CN1C[C@@H](C(=O)N2CCCN(Cc3cnn(C)c3)CC2)CC1=O. The number of amides is 2. The highest BCUT2D eigenvalue weighted by Gasteiger charge is 2.35. The van der Waals surface area contributed by atoms with Gasteiger partial charge in [0.15, 0.2) is 0 Å². The Morgan fingerprint density at radius 1 is 1.26 bits per heavy atom. The number of hydrogen-bond donors (Lipinski definition) is 0. The van der Waals surface area contributed by atoms with Crippen LogP contribution in [0.3, 0.4) is 0 Å². The van der Waals surface area contributed by atoms with E-state index in [1.807, 2.05) is 29.0 Å². The van der Waals surface area contributed by atoms with Crippen molar-refractivity contribution >= 4 is 11.8 Å². The molecular formula is C16H25N5O2. The molecule has 3 rings (SSSR count). The summed E-state index contributed by atoms with van der Waals surface area (Å²) in [5.41, 5.74) is 1.20. The lowest BCUT2D eigenvalue weighted by atomic mass is 10.1. The molecule has 1 atom stereocenters. The topological polar surface area (TPSA) is 61.7 Å². The molecule has 2 fully saturated rings. The Hall–Kier alpha value is -1.89. The first-order valence-electron chi connectivity index (χ1n) is 8.25. The minimum atomic E-state index is -0.155. The van der Waals surface area contributed by atoms with Crippen molar-refractivity contribution in [2.45, 2.75) is 19.4 Å². The molecule has 0 bridgehead atoms. The van der Waals surface area contributed by atoms with Crippen LogP contribution in [0.1, 0.15) is 18.4 Å². The van der Waals surface area contributed by atoms with Gasteiger partial charge in [-0.1, -0.05) is 0 Å². The fourth-order valence-electron chi connectivity index (χ4n) is 3.45. The third-order valence-corrected chi connectivity index (χ3v) is 4.75. The number of rotatable bonds is 3. The first kappa shape index (κ1) is 16.0. The highest BCUT2D eigenvalue weighted by molar-refractivity contribution is 5.89. The second-order valence-electron chi connectivity index (χ2n) is 6.65. The maximum Gasteiger partial charge on any atom is 0.228 e. The maximum atomic E-state index is 12.6. The first-order valence-corrected chi connectivity index (χ1v) is 8.25. The molecule has 2 aliphatic heterocycles. The van der Waals surface area contributed by atoms with Crippen molar-refractivity contribution in [2.75, 3.05) is 39.8 Å². The molecule has 0 aliphatic carbocycles. The van der Waals surface area contributed by atoms with Crippen molar-refractivity contribution in [3.8, 4) is 0 Å². The molecule has 7 heteroatoms. The van der Waals surface area contributed by atoms with Crippen LogP contribution in [0.25, 0.3) is 0 Å². The number of nitrogens with zero attached hydrogens (tertiary/aromatic N) is 5. The summed E-state index contributed by atoms with van der Waals surface area (Å²) in [6.45, 7) is 4.83. The van der Waals surface area contributed by atoms with Crippen LogP contribution in [0.15, 0.2) is 12.4 Å². The molecular weight excluding hydrogens is 294 g/mol. The van der Waals surface area contributed by atoms with Crippen LogP contribution < -0.4 is 0 Å². The second-order valence-corrected chi connectivity index (χ2v) is 6.65. The lowest BCUT2D eigenvalue weighted by Gasteiger charge is -2.24. The van der Waals surface area contributed by atoms with Gasteiger partial charge < -0.3 is 9.80 Å². The van der Waals surface area contributed by atoms with E-state index in [1.165, 1.54) is 5.56 Å². The van der Waals surface area contributed by atoms with Gasteiger partial charge in [-0.15, -0.1) is 0 Å². The highest BCUT2D eigenvalue weighted by Crippen LogP contribution is 2.19. The van der Waals surface area contributed by atoms with E-state index in [0.29, 0.717) is 13.0 Å². The van der Waals surface area contributed by atoms with Crippen LogP contribution in [-0.2, 0) is 23.2 Å². The largest absolute Gasteiger partial charge is 0.345 e. The van der Waals surface area contributed by atoms with E-state index in [0.717, 1.165) is 39.1 Å². The van der Waals surface area contributed by atoms with E-state index < -0.39 is 0 Å². The summed E-state index contributed by atoms with van der Waals surface area (Å²) in [6.07, 6.45) is 5.27. The molecule has 126 valence electrons. The van der Waals surface area contributed by atoms with Gasteiger partial charge in [0.25, 0.3) is 0 Å². The zero-order valence-electron chi connectivity index (χ0n) is 13.9. The summed E-state index contributed by atoms with van der Waals surface area (Å²) in [5.74, 6) is 0.0691.